The van der Waals surface area contributed by atoms with Crippen molar-refractivity contribution in [2.24, 2.45) is 5.73 Å². The van der Waals surface area contributed by atoms with Gasteiger partial charge in [0.25, 0.3) is 0 Å². The van der Waals surface area contributed by atoms with E-state index in [0.29, 0.717) is 5.56 Å². The summed E-state index contributed by atoms with van der Waals surface area (Å²) in [5.74, 6) is -0.668. The molecule has 2 N–H and O–H groups in total. The maximum Gasteiger partial charge on any atom is 0.166 e. The van der Waals surface area contributed by atoms with E-state index in [9.17, 15) is 9.18 Å². The molecule has 0 atom stereocenters. The van der Waals surface area contributed by atoms with Crippen molar-refractivity contribution in [3.05, 3.63) is 34.1 Å². The first kappa shape index (κ1) is 13.1. The van der Waals surface area contributed by atoms with Crippen molar-refractivity contribution in [2.45, 2.75) is 32.7 Å². The van der Waals surface area contributed by atoms with Crippen LogP contribution in [-0.4, -0.2) is 11.3 Å². The van der Waals surface area contributed by atoms with Crippen molar-refractivity contribution in [1.82, 2.24) is 0 Å². The molecule has 0 aliphatic carbocycles. The quantitative estimate of drug-likeness (QED) is 0.829. The lowest BCUT2D eigenvalue weighted by molar-refractivity contribution is 0.0960. The molecule has 0 bridgehead atoms. The van der Waals surface area contributed by atoms with Gasteiger partial charge in [0.05, 0.1) is 5.02 Å². The van der Waals surface area contributed by atoms with Crippen LogP contribution < -0.4 is 5.73 Å². The molecule has 0 spiro atoms. The lowest BCUT2D eigenvalue weighted by Gasteiger charge is -2.17. The van der Waals surface area contributed by atoms with Crippen molar-refractivity contribution in [3.8, 4) is 0 Å². The first-order chi connectivity index (χ1) is 7.20. The zero-order valence-corrected chi connectivity index (χ0v) is 10.4. The fourth-order valence-electron chi connectivity index (χ4n) is 1.37. The molecule has 1 rings (SSSR count). The third kappa shape index (κ3) is 3.29. The van der Waals surface area contributed by atoms with Crippen LogP contribution in [0.1, 0.15) is 36.2 Å². The minimum atomic E-state index is -0.623. The molecule has 0 saturated heterocycles. The van der Waals surface area contributed by atoms with E-state index in [1.165, 1.54) is 12.1 Å². The molecular weight excluding hydrogens is 229 g/mol. The van der Waals surface area contributed by atoms with Gasteiger partial charge in [0, 0.05) is 17.5 Å². The topological polar surface area (TPSA) is 43.1 Å². The van der Waals surface area contributed by atoms with Crippen LogP contribution in [0.15, 0.2) is 12.1 Å². The Hall–Kier alpha value is -0.930. The van der Waals surface area contributed by atoms with Gasteiger partial charge in [-0.3, -0.25) is 4.79 Å². The largest absolute Gasteiger partial charge is 0.325 e. The predicted molar refractivity (Wildman–Crippen MR) is 63.4 cm³/mol. The summed E-state index contributed by atoms with van der Waals surface area (Å²) in [6.45, 7) is 5.08. The van der Waals surface area contributed by atoms with Gasteiger partial charge in [0.15, 0.2) is 5.78 Å². The molecule has 0 aliphatic rings. The standard InChI is InChI=1S/C12H15ClFNO/c1-7-4-9(13)8(5-10(7)14)11(16)6-12(2,3)15/h4-5H,6,15H2,1-3H3. The van der Waals surface area contributed by atoms with E-state index >= 15 is 0 Å². The Bertz CT molecular complexity index is 424. The van der Waals surface area contributed by atoms with Crippen molar-refractivity contribution in [3.63, 3.8) is 0 Å². The van der Waals surface area contributed by atoms with Gasteiger partial charge in [-0.05, 0) is 38.5 Å². The molecule has 0 saturated carbocycles. The van der Waals surface area contributed by atoms with Crippen molar-refractivity contribution >= 4 is 17.4 Å². The summed E-state index contributed by atoms with van der Waals surface area (Å²) in [6, 6.07) is 2.62. The van der Waals surface area contributed by atoms with E-state index in [2.05, 4.69) is 0 Å². The lowest BCUT2D eigenvalue weighted by Crippen LogP contribution is -2.34. The minimum absolute atomic E-state index is 0.134. The summed E-state index contributed by atoms with van der Waals surface area (Å²) in [5.41, 5.74) is 5.73. The maximum atomic E-state index is 13.3. The van der Waals surface area contributed by atoms with Crippen LogP contribution in [0.25, 0.3) is 0 Å². The number of aryl methyl sites for hydroxylation is 1. The Morgan fingerprint density at radius 3 is 2.56 bits per heavy atom. The number of halogens is 2. The summed E-state index contributed by atoms with van der Waals surface area (Å²) in [5, 5.41) is 0.271. The molecule has 0 radical (unpaired) electrons. The Kier molecular flexibility index (Phi) is 3.71. The van der Waals surface area contributed by atoms with Crippen molar-refractivity contribution in [2.75, 3.05) is 0 Å². The number of carbonyl (C=O) groups is 1. The molecule has 0 amide bonds. The highest BCUT2D eigenvalue weighted by Gasteiger charge is 2.20. The second kappa shape index (κ2) is 4.52. The van der Waals surface area contributed by atoms with Gasteiger partial charge in [0.2, 0.25) is 0 Å². The lowest BCUT2D eigenvalue weighted by atomic mass is 9.95. The Morgan fingerprint density at radius 2 is 2.06 bits per heavy atom. The van der Waals surface area contributed by atoms with E-state index in [-0.39, 0.29) is 22.8 Å². The SMILES string of the molecule is Cc1cc(Cl)c(C(=O)CC(C)(C)N)cc1F. The highest BCUT2D eigenvalue weighted by atomic mass is 35.5. The van der Waals surface area contributed by atoms with Gasteiger partial charge in [-0.1, -0.05) is 11.6 Å². The third-order valence-electron chi connectivity index (χ3n) is 2.16. The smallest absolute Gasteiger partial charge is 0.166 e. The van der Waals surface area contributed by atoms with Crippen LogP contribution in [0.2, 0.25) is 5.02 Å². The molecule has 16 heavy (non-hydrogen) atoms. The molecule has 1 aromatic rings. The van der Waals surface area contributed by atoms with E-state index in [1.54, 1.807) is 20.8 Å². The average Bonchev–Trinajstić information content (AvgIpc) is 2.08. The van der Waals surface area contributed by atoms with Gasteiger partial charge in [-0.25, -0.2) is 4.39 Å². The minimum Gasteiger partial charge on any atom is -0.325 e. The van der Waals surface area contributed by atoms with Crippen molar-refractivity contribution < 1.29 is 9.18 Å². The summed E-state index contributed by atoms with van der Waals surface area (Å²) >= 11 is 5.90. The predicted octanol–water partition coefficient (Wildman–Crippen LogP) is 3.10. The number of rotatable bonds is 3. The fourth-order valence-corrected chi connectivity index (χ4v) is 1.69. The summed E-state index contributed by atoms with van der Waals surface area (Å²) < 4.78 is 13.3. The molecule has 0 aromatic heterocycles. The maximum absolute atomic E-state index is 13.3. The second-order valence-corrected chi connectivity index (χ2v) is 5.08. The number of carbonyl (C=O) groups excluding carboxylic acids is 1. The van der Waals surface area contributed by atoms with E-state index < -0.39 is 11.4 Å². The van der Waals surface area contributed by atoms with Gasteiger partial charge in [0.1, 0.15) is 5.82 Å². The van der Waals surface area contributed by atoms with Crippen LogP contribution in [0.4, 0.5) is 4.39 Å². The van der Waals surface area contributed by atoms with Crippen molar-refractivity contribution in [1.29, 1.82) is 0 Å². The fraction of sp³-hybridized carbons (Fsp3) is 0.417. The van der Waals surface area contributed by atoms with Crippen LogP contribution in [0.5, 0.6) is 0 Å². The van der Waals surface area contributed by atoms with Gasteiger partial charge in [-0.15, -0.1) is 0 Å². The molecule has 0 fully saturated rings. The number of nitrogens with two attached hydrogens (primary N) is 1. The summed E-state index contributed by atoms with van der Waals surface area (Å²) in [7, 11) is 0. The monoisotopic (exact) mass is 243 g/mol. The van der Waals surface area contributed by atoms with Gasteiger partial charge < -0.3 is 5.73 Å². The van der Waals surface area contributed by atoms with E-state index in [4.69, 9.17) is 17.3 Å². The van der Waals surface area contributed by atoms with Crippen LogP contribution in [-0.2, 0) is 0 Å². The van der Waals surface area contributed by atoms with Gasteiger partial charge in [-0.2, -0.15) is 0 Å². The normalized spacial score (nSPS) is 11.6. The molecule has 0 aliphatic heterocycles. The number of ketones is 1. The molecule has 88 valence electrons. The molecule has 1 aromatic carbocycles. The Labute approximate surface area is 99.6 Å². The van der Waals surface area contributed by atoms with E-state index in [0.717, 1.165) is 0 Å². The zero-order valence-electron chi connectivity index (χ0n) is 9.60. The third-order valence-corrected chi connectivity index (χ3v) is 2.48. The first-order valence-electron chi connectivity index (χ1n) is 4.98. The summed E-state index contributed by atoms with van der Waals surface area (Å²) in [4.78, 5) is 11.8. The van der Waals surface area contributed by atoms with Crippen LogP contribution >= 0.6 is 11.6 Å². The number of benzene rings is 1. The number of Topliss-reactive ketones (excluding diaryl/α,β-unsaturated/α-hetero) is 1. The molecular formula is C12H15ClFNO. The van der Waals surface area contributed by atoms with Gasteiger partial charge >= 0.3 is 0 Å². The zero-order chi connectivity index (χ0) is 12.5. The molecule has 2 nitrogen and oxygen atoms in total. The highest BCUT2D eigenvalue weighted by Crippen LogP contribution is 2.23. The Morgan fingerprint density at radius 1 is 1.50 bits per heavy atom. The van der Waals surface area contributed by atoms with Crippen LogP contribution in [0.3, 0.4) is 0 Å². The first-order valence-corrected chi connectivity index (χ1v) is 5.36. The summed E-state index contributed by atoms with van der Waals surface area (Å²) in [6.07, 6.45) is 0.134. The second-order valence-electron chi connectivity index (χ2n) is 4.67. The Balaban J connectivity index is 3.05. The molecule has 0 heterocycles. The molecule has 0 unspecified atom stereocenters. The van der Waals surface area contributed by atoms with Crippen LogP contribution in [0, 0.1) is 12.7 Å². The highest BCUT2D eigenvalue weighted by molar-refractivity contribution is 6.34. The van der Waals surface area contributed by atoms with E-state index in [1.807, 2.05) is 0 Å². The average molecular weight is 244 g/mol. The molecule has 4 heteroatoms. The number of hydrogen-bond donors (Lipinski definition) is 1. The number of hydrogen-bond acceptors (Lipinski definition) is 2.